The summed E-state index contributed by atoms with van der Waals surface area (Å²) in [6.45, 7) is 0. The Morgan fingerprint density at radius 2 is 2.25 bits per heavy atom. The number of rotatable bonds is 1. The van der Waals surface area contributed by atoms with Crippen molar-refractivity contribution in [3.8, 4) is 5.75 Å². The number of hydrogen-bond acceptors (Lipinski definition) is 3. The molecule has 4 N–H and O–H groups in total. The minimum Gasteiger partial charge on any atom is -0.504 e. The highest BCUT2D eigenvalue weighted by molar-refractivity contribution is 9.10. The standard InChI is InChI=1S/C9H7BrN4OS/c10-4-1-2-5-6(3-4)12-8(7(5)15)13-14-9(11)16/h1-3,12,15H,(H2,11,16)/b14-13+. The van der Waals surface area contributed by atoms with Gasteiger partial charge in [0, 0.05) is 9.86 Å². The van der Waals surface area contributed by atoms with E-state index in [-0.39, 0.29) is 16.7 Å². The highest BCUT2D eigenvalue weighted by Crippen LogP contribution is 2.35. The van der Waals surface area contributed by atoms with Gasteiger partial charge in [0.25, 0.3) is 0 Å². The minimum absolute atomic E-state index is 0.0301. The number of halogens is 1. The van der Waals surface area contributed by atoms with Crippen LogP contribution in [0.5, 0.6) is 5.75 Å². The molecule has 1 aromatic heterocycles. The molecule has 2 rings (SSSR count). The zero-order valence-corrected chi connectivity index (χ0v) is 10.3. The molecule has 0 saturated heterocycles. The third-order valence-electron chi connectivity index (χ3n) is 1.96. The summed E-state index contributed by atoms with van der Waals surface area (Å²) < 4.78 is 0.902. The highest BCUT2D eigenvalue weighted by atomic mass is 79.9. The molecule has 0 aliphatic heterocycles. The topological polar surface area (TPSA) is 86.8 Å². The van der Waals surface area contributed by atoms with Gasteiger partial charge < -0.3 is 15.8 Å². The van der Waals surface area contributed by atoms with E-state index in [0.717, 1.165) is 9.99 Å². The van der Waals surface area contributed by atoms with Crippen LogP contribution in [0, 0.1) is 0 Å². The number of nitrogens with one attached hydrogen (secondary N) is 1. The van der Waals surface area contributed by atoms with E-state index in [1.54, 1.807) is 6.07 Å². The van der Waals surface area contributed by atoms with Gasteiger partial charge in [0.15, 0.2) is 11.6 Å². The molecule has 5 nitrogen and oxygen atoms in total. The van der Waals surface area contributed by atoms with Gasteiger partial charge in [0.2, 0.25) is 5.11 Å². The van der Waals surface area contributed by atoms with Crippen LogP contribution in [-0.2, 0) is 0 Å². The Morgan fingerprint density at radius 3 is 2.94 bits per heavy atom. The van der Waals surface area contributed by atoms with Gasteiger partial charge in [0.05, 0.1) is 5.52 Å². The number of benzene rings is 1. The molecule has 0 bridgehead atoms. The van der Waals surface area contributed by atoms with Gasteiger partial charge in [0.1, 0.15) is 0 Å². The molecule has 2 aromatic rings. The van der Waals surface area contributed by atoms with Gasteiger partial charge in [-0.1, -0.05) is 15.9 Å². The fourth-order valence-electron chi connectivity index (χ4n) is 1.31. The van der Waals surface area contributed by atoms with Crippen molar-refractivity contribution < 1.29 is 5.11 Å². The molecule has 0 saturated carbocycles. The lowest BCUT2D eigenvalue weighted by Crippen LogP contribution is -2.01. The molecule has 0 atom stereocenters. The molecule has 1 aromatic carbocycles. The van der Waals surface area contributed by atoms with E-state index in [1.807, 2.05) is 12.1 Å². The third-order valence-corrected chi connectivity index (χ3v) is 2.54. The maximum Gasteiger partial charge on any atom is 0.211 e. The van der Waals surface area contributed by atoms with Gasteiger partial charge in [-0.2, -0.15) is 0 Å². The Hall–Kier alpha value is -1.47. The molecule has 1 heterocycles. The van der Waals surface area contributed by atoms with E-state index in [4.69, 9.17) is 5.73 Å². The van der Waals surface area contributed by atoms with E-state index in [0.29, 0.717) is 5.39 Å². The first-order chi connectivity index (χ1) is 7.58. The normalized spacial score (nSPS) is 11.3. The fourth-order valence-corrected chi connectivity index (χ4v) is 1.71. The van der Waals surface area contributed by atoms with E-state index in [2.05, 4.69) is 43.4 Å². The molecular formula is C9H7BrN4OS. The van der Waals surface area contributed by atoms with Crippen LogP contribution < -0.4 is 5.73 Å². The van der Waals surface area contributed by atoms with E-state index in [9.17, 15) is 5.11 Å². The van der Waals surface area contributed by atoms with Crippen molar-refractivity contribution in [3.63, 3.8) is 0 Å². The second-order valence-electron chi connectivity index (χ2n) is 3.05. The van der Waals surface area contributed by atoms with Crippen LogP contribution in [0.4, 0.5) is 5.82 Å². The largest absolute Gasteiger partial charge is 0.504 e. The van der Waals surface area contributed by atoms with Crippen LogP contribution >= 0.6 is 28.1 Å². The molecule has 0 spiro atoms. The molecule has 16 heavy (non-hydrogen) atoms. The van der Waals surface area contributed by atoms with Crippen molar-refractivity contribution in [2.24, 2.45) is 16.0 Å². The first-order valence-electron chi connectivity index (χ1n) is 4.29. The highest BCUT2D eigenvalue weighted by Gasteiger charge is 2.09. The summed E-state index contributed by atoms with van der Waals surface area (Å²) in [5.41, 5.74) is 5.93. The van der Waals surface area contributed by atoms with Gasteiger partial charge in [-0.05, 0) is 30.4 Å². The van der Waals surface area contributed by atoms with Crippen LogP contribution in [0.2, 0.25) is 0 Å². The molecule has 0 aliphatic carbocycles. The molecule has 0 fully saturated rings. The monoisotopic (exact) mass is 298 g/mol. The van der Waals surface area contributed by atoms with Crippen molar-refractivity contribution in [3.05, 3.63) is 22.7 Å². The van der Waals surface area contributed by atoms with Crippen molar-refractivity contribution >= 4 is 50.0 Å². The first kappa shape index (κ1) is 11.0. The number of azo groups is 1. The lowest BCUT2D eigenvalue weighted by atomic mass is 10.2. The molecule has 0 amide bonds. The quantitative estimate of drug-likeness (QED) is 0.559. The average Bonchev–Trinajstić information content (AvgIpc) is 2.52. The number of hydrogen-bond donors (Lipinski definition) is 3. The Balaban J connectivity index is 2.55. The van der Waals surface area contributed by atoms with Crippen LogP contribution in [0.3, 0.4) is 0 Å². The fraction of sp³-hybridized carbons (Fsp3) is 0. The number of nitrogens with zero attached hydrogens (tertiary/aromatic N) is 2. The summed E-state index contributed by atoms with van der Waals surface area (Å²) in [5.74, 6) is 0.267. The van der Waals surface area contributed by atoms with Gasteiger partial charge in [-0.25, -0.2) is 0 Å². The van der Waals surface area contributed by atoms with Crippen LogP contribution in [0.25, 0.3) is 10.9 Å². The molecule has 7 heteroatoms. The number of aromatic hydroxyl groups is 1. The van der Waals surface area contributed by atoms with Crippen molar-refractivity contribution in [1.29, 1.82) is 0 Å². The smallest absolute Gasteiger partial charge is 0.211 e. The number of fused-ring (bicyclic) bond motifs is 1. The average molecular weight is 299 g/mol. The summed E-state index contributed by atoms with van der Waals surface area (Å²) >= 11 is 7.89. The second kappa shape index (κ2) is 4.18. The van der Waals surface area contributed by atoms with Gasteiger partial charge >= 0.3 is 0 Å². The SMILES string of the molecule is NC(=S)/N=N/c1[nH]c2cc(Br)ccc2c1O. The Labute approximate surface area is 104 Å². The lowest BCUT2D eigenvalue weighted by molar-refractivity contribution is 0.482. The number of aromatic nitrogens is 1. The van der Waals surface area contributed by atoms with Gasteiger partial charge in [-0.3, -0.25) is 0 Å². The van der Waals surface area contributed by atoms with Crippen LogP contribution in [-0.4, -0.2) is 15.2 Å². The van der Waals surface area contributed by atoms with Crippen LogP contribution in [0.1, 0.15) is 0 Å². The summed E-state index contributed by atoms with van der Waals surface area (Å²) in [7, 11) is 0. The van der Waals surface area contributed by atoms with E-state index < -0.39 is 0 Å². The Morgan fingerprint density at radius 1 is 1.50 bits per heavy atom. The first-order valence-corrected chi connectivity index (χ1v) is 5.49. The van der Waals surface area contributed by atoms with E-state index in [1.165, 1.54) is 0 Å². The van der Waals surface area contributed by atoms with Crippen molar-refractivity contribution in [2.45, 2.75) is 0 Å². The summed E-state index contributed by atoms with van der Waals surface area (Å²) in [4.78, 5) is 2.90. The minimum atomic E-state index is -0.0840. The summed E-state index contributed by atoms with van der Waals surface area (Å²) in [6, 6.07) is 5.42. The predicted molar refractivity (Wildman–Crippen MR) is 69.0 cm³/mol. The van der Waals surface area contributed by atoms with E-state index >= 15 is 0 Å². The maximum atomic E-state index is 9.81. The van der Waals surface area contributed by atoms with Crippen molar-refractivity contribution in [1.82, 2.24) is 4.98 Å². The summed E-state index contributed by atoms with van der Waals surface area (Å²) in [5, 5.41) is 17.6. The number of nitrogens with two attached hydrogens (primary N) is 1. The van der Waals surface area contributed by atoms with Gasteiger partial charge in [-0.15, -0.1) is 10.2 Å². The van der Waals surface area contributed by atoms with Crippen LogP contribution in [0.15, 0.2) is 32.9 Å². The maximum absolute atomic E-state index is 9.81. The molecule has 0 radical (unpaired) electrons. The molecule has 82 valence electrons. The zero-order valence-electron chi connectivity index (χ0n) is 7.94. The second-order valence-corrected chi connectivity index (χ2v) is 4.38. The number of thiocarbonyl (C=S) groups is 1. The zero-order chi connectivity index (χ0) is 11.7. The molecule has 0 unspecified atom stereocenters. The predicted octanol–water partition coefficient (Wildman–Crippen LogP) is 2.96. The number of aromatic amines is 1. The Bertz CT molecular complexity index is 592. The van der Waals surface area contributed by atoms with Crippen molar-refractivity contribution in [2.75, 3.05) is 0 Å². The molecular weight excluding hydrogens is 292 g/mol. The number of H-pyrrole nitrogens is 1. The lowest BCUT2D eigenvalue weighted by Gasteiger charge is -1.90. The Kier molecular flexibility index (Phi) is 2.88. The third kappa shape index (κ3) is 2.05. The summed E-state index contributed by atoms with van der Waals surface area (Å²) in [6.07, 6.45) is 0. The molecule has 0 aliphatic rings.